The van der Waals surface area contributed by atoms with Crippen LogP contribution in [0, 0.1) is 0 Å². The van der Waals surface area contributed by atoms with Crippen molar-refractivity contribution in [3.8, 4) is 11.3 Å². The molecule has 0 saturated carbocycles. The SMILES string of the molecule is CCCOC(=O)N1CCN(C(=O)c2ccc3c(Cl)cc(-c4ccc(C(C)(C)CN)cc4)nc3c2)CC1C. The zero-order valence-electron chi connectivity index (χ0n) is 22.0. The molecule has 1 aromatic heterocycles. The molecule has 1 saturated heterocycles. The highest BCUT2D eigenvalue weighted by Crippen LogP contribution is 2.31. The molecule has 8 heteroatoms. The topological polar surface area (TPSA) is 88.8 Å². The van der Waals surface area contributed by atoms with Crippen molar-refractivity contribution >= 4 is 34.5 Å². The highest BCUT2D eigenvalue weighted by molar-refractivity contribution is 6.35. The van der Waals surface area contributed by atoms with E-state index in [-0.39, 0.29) is 23.5 Å². The predicted molar refractivity (Wildman–Crippen MR) is 148 cm³/mol. The number of piperazine rings is 1. The van der Waals surface area contributed by atoms with Crippen LogP contribution in [0.2, 0.25) is 5.02 Å². The number of rotatable bonds is 6. The predicted octanol–water partition coefficient (Wildman–Crippen LogP) is 5.48. The van der Waals surface area contributed by atoms with E-state index >= 15 is 0 Å². The molecule has 2 aromatic carbocycles. The minimum Gasteiger partial charge on any atom is -0.449 e. The fourth-order valence-corrected chi connectivity index (χ4v) is 4.81. The third kappa shape index (κ3) is 5.73. The maximum Gasteiger partial charge on any atom is 0.410 e. The third-order valence-corrected chi connectivity index (χ3v) is 7.37. The summed E-state index contributed by atoms with van der Waals surface area (Å²) in [7, 11) is 0. The smallest absolute Gasteiger partial charge is 0.410 e. The number of benzene rings is 2. The van der Waals surface area contributed by atoms with E-state index in [1.807, 2.05) is 38.1 Å². The van der Waals surface area contributed by atoms with E-state index in [1.165, 1.54) is 0 Å². The Morgan fingerprint density at radius 2 is 1.86 bits per heavy atom. The molecule has 4 rings (SSSR count). The van der Waals surface area contributed by atoms with Crippen LogP contribution in [0.5, 0.6) is 0 Å². The van der Waals surface area contributed by atoms with Gasteiger partial charge in [0.2, 0.25) is 0 Å². The molecular formula is C29H35ClN4O3. The highest BCUT2D eigenvalue weighted by Gasteiger charge is 2.31. The summed E-state index contributed by atoms with van der Waals surface area (Å²) in [5, 5.41) is 1.37. The van der Waals surface area contributed by atoms with Gasteiger partial charge in [-0.05, 0) is 37.1 Å². The molecule has 1 unspecified atom stereocenters. The van der Waals surface area contributed by atoms with Gasteiger partial charge in [-0.15, -0.1) is 0 Å². The zero-order valence-corrected chi connectivity index (χ0v) is 22.7. The molecule has 37 heavy (non-hydrogen) atoms. The summed E-state index contributed by atoms with van der Waals surface area (Å²) in [4.78, 5) is 34.0. The summed E-state index contributed by atoms with van der Waals surface area (Å²) in [6.07, 6.45) is 0.455. The van der Waals surface area contributed by atoms with Crippen LogP contribution < -0.4 is 5.73 Å². The van der Waals surface area contributed by atoms with Crippen molar-refractivity contribution < 1.29 is 14.3 Å². The maximum atomic E-state index is 13.4. The molecule has 1 fully saturated rings. The fraction of sp³-hybridized carbons (Fsp3) is 0.414. The minimum absolute atomic E-state index is 0.0907. The van der Waals surface area contributed by atoms with Crippen molar-refractivity contribution in [2.75, 3.05) is 32.8 Å². The Labute approximate surface area is 223 Å². The van der Waals surface area contributed by atoms with E-state index in [0.717, 1.165) is 28.6 Å². The number of aromatic nitrogens is 1. The number of pyridine rings is 1. The number of nitrogens with two attached hydrogens (primary N) is 1. The van der Waals surface area contributed by atoms with Crippen LogP contribution in [0.1, 0.15) is 50.0 Å². The summed E-state index contributed by atoms with van der Waals surface area (Å²) >= 11 is 6.62. The van der Waals surface area contributed by atoms with Gasteiger partial charge in [0.1, 0.15) is 0 Å². The average molecular weight is 523 g/mol. The molecule has 0 radical (unpaired) electrons. The van der Waals surface area contributed by atoms with Crippen LogP contribution in [-0.2, 0) is 10.2 Å². The molecule has 1 atom stereocenters. The van der Waals surface area contributed by atoms with Crippen LogP contribution in [0.3, 0.4) is 0 Å². The summed E-state index contributed by atoms with van der Waals surface area (Å²) in [5.41, 5.74) is 9.86. The number of ether oxygens (including phenoxy) is 1. The highest BCUT2D eigenvalue weighted by atomic mass is 35.5. The lowest BCUT2D eigenvalue weighted by Gasteiger charge is -2.39. The van der Waals surface area contributed by atoms with Crippen LogP contribution in [0.25, 0.3) is 22.2 Å². The van der Waals surface area contributed by atoms with Crippen molar-refractivity contribution in [3.63, 3.8) is 0 Å². The largest absolute Gasteiger partial charge is 0.449 e. The second kappa shape index (κ2) is 11.1. The number of hydrogen-bond donors (Lipinski definition) is 1. The van der Waals surface area contributed by atoms with Crippen molar-refractivity contribution in [3.05, 3.63) is 64.7 Å². The molecule has 0 spiro atoms. The zero-order chi connectivity index (χ0) is 26.7. The van der Waals surface area contributed by atoms with E-state index in [0.29, 0.717) is 48.9 Å². The van der Waals surface area contributed by atoms with E-state index in [1.54, 1.807) is 21.9 Å². The average Bonchev–Trinajstić information content (AvgIpc) is 2.90. The van der Waals surface area contributed by atoms with Crippen molar-refractivity contribution in [1.82, 2.24) is 14.8 Å². The maximum absolute atomic E-state index is 13.4. The first kappa shape index (κ1) is 26.9. The second-order valence-corrected chi connectivity index (χ2v) is 10.7. The van der Waals surface area contributed by atoms with Crippen molar-refractivity contribution in [2.45, 2.75) is 45.6 Å². The van der Waals surface area contributed by atoms with Gasteiger partial charge in [-0.25, -0.2) is 9.78 Å². The van der Waals surface area contributed by atoms with Crippen molar-refractivity contribution in [1.29, 1.82) is 0 Å². The number of halogens is 1. The molecule has 1 aliphatic rings. The molecule has 0 bridgehead atoms. The molecule has 0 aliphatic carbocycles. The van der Waals surface area contributed by atoms with Crippen molar-refractivity contribution in [2.24, 2.45) is 5.73 Å². The second-order valence-electron chi connectivity index (χ2n) is 10.3. The summed E-state index contributed by atoms with van der Waals surface area (Å²) in [6, 6.07) is 15.3. The molecule has 2 amide bonds. The Bertz CT molecular complexity index is 1290. The quantitative estimate of drug-likeness (QED) is 0.462. The van der Waals surface area contributed by atoms with Gasteiger partial charge in [0.15, 0.2) is 0 Å². The van der Waals surface area contributed by atoms with Gasteiger partial charge in [0.05, 0.1) is 22.8 Å². The van der Waals surface area contributed by atoms with Gasteiger partial charge in [-0.2, -0.15) is 0 Å². The molecule has 7 nitrogen and oxygen atoms in total. The van der Waals surface area contributed by atoms with Gasteiger partial charge >= 0.3 is 6.09 Å². The Balaban J connectivity index is 1.55. The van der Waals surface area contributed by atoms with Crippen LogP contribution in [-0.4, -0.2) is 65.6 Å². The Morgan fingerprint density at radius 1 is 1.14 bits per heavy atom. The molecule has 2 N–H and O–H groups in total. The lowest BCUT2D eigenvalue weighted by molar-refractivity contribution is 0.0412. The first-order chi connectivity index (χ1) is 17.6. The Morgan fingerprint density at radius 3 is 2.51 bits per heavy atom. The number of nitrogens with zero attached hydrogens (tertiary/aromatic N) is 3. The fourth-order valence-electron chi connectivity index (χ4n) is 4.55. The normalized spacial score (nSPS) is 16.2. The van der Waals surface area contributed by atoms with Gasteiger partial charge in [0.25, 0.3) is 5.91 Å². The molecule has 1 aliphatic heterocycles. The summed E-state index contributed by atoms with van der Waals surface area (Å²) in [5.74, 6) is -0.0907. The molecular weight excluding hydrogens is 488 g/mol. The molecule has 2 heterocycles. The van der Waals surface area contributed by atoms with E-state index in [4.69, 9.17) is 27.1 Å². The third-order valence-electron chi connectivity index (χ3n) is 7.06. The lowest BCUT2D eigenvalue weighted by Crippen LogP contribution is -2.55. The van der Waals surface area contributed by atoms with Crippen LogP contribution in [0.4, 0.5) is 4.79 Å². The van der Waals surface area contributed by atoms with Crippen LogP contribution in [0.15, 0.2) is 48.5 Å². The van der Waals surface area contributed by atoms with Gasteiger partial charge in [0, 0.05) is 54.1 Å². The van der Waals surface area contributed by atoms with Gasteiger partial charge in [-0.3, -0.25) is 4.79 Å². The molecule has 196 valence electrons. The van der Waals surface area contributed by atoms with Gasteiger partial charge in [-0.1, -0.05) is 62.7 Å². The number of carbonyl (C=O) groups is 2. The monoisotopic (exact) mass is 522 g/mol. The van der Waals surface area contributed by atoms with Crippen LogP contribution >= 0.6 is 11.6 Å². The lowest BCUT2D eigenvalue weighted by atomic mass is 9.84. The van der Waals surface area contributed by atoms with E-state index in [9.17, 15) is 9.59 Å². The standard InChI is InChI=1S/C29H35ClN4O3/c1-5-14-37-28(36)34-13-12-33(17-19(34)2)27(35)21-8-11-23-24(30)16-25(32-26(23)15-21)20-6-9-22(10-7-20)29(3,4)18-31/h6-11,15-16,19H,5,12-14,17-18,31H2,1-4H3. The number of amides is 2. The number of hydrogen-bond acceptors (Lipinski definition) is 5. The molecule has 3 aromatic rings. The van der Waals surface area contributed by atoms with E-state index < -0.39 is 0 Å². The van der Waals surface area contributed by atoms with Gasteiger partial charge < -0.3 is 20.3 Å². The number of fused-ring (bicyclic) bond motifs is 1. The summed E-state index contributed by atoms with van der Waals surface area (Å²) < 4.78 is 5.27. The summed E-state index contributed by atoms with van der Waals surface area (Å²) in [6.45, 7) is 10.4. The minimum atomic E-state index is -0.321. The first-order valence-corrected chi connectivity index (χ1v) is 13.2. The van der Waals surface area contributed by atoms with E-state index in [2.05, 4.69) is 26.0 Å². The first-order valence-electron chi connectivity index (χ1n) is 12.8. The Hall–Kier alpha value is -3.16. The Kier molecular flexibility index (Phi) is 8.05. The number of carbonyl (C=O) groups excluding carboxylic acids is 2.